The van der Waals surface area contributed by atoms with Gasteiger partial charge >= 0.3 is 6.03 Å². The van der Waals surface area contributed by atoms with Gasteiger partial charge in [-0.3, -0.25) is 4.79 Å². The molecule has 0 saturated carbocycles. The quantitative estimate of drug-likeness (QED) is 0.441. The molecule has 3 amide bonds. The number of nitrogens with zero attached hydrogens (tertiary/aromatic N) is 3. The average molecular weight is 476 g/mol. The third-order valence-electron chi connectivity index (χ3n) is 6.05. The first-order valence-electron chi connectivity index (χ1n) is 12.1. The molecule has 0 aliphatic heterocycles. The van der Waals surface area contributed by atoms with Crippen molar-refractivity contribution in [3.63, 3.8) is 0 Å². The van der Waals surface area contributed by atoms with Gasteiger partial charge in [0.15, 0.2) is 0 Å². The predicted molar refractivity (Wildman–Crippen MR) is 142 cm³/mol. The molecule has 7 nitrogen and oxygen atoms in total. The Hall–Kier alpha value is -3.61. The molecule has 0 aliphatic rings. The second kappa shape index (κ2) is 10.8. The van der Waals surface area contributed by atoms with Crippen LogP contribution in [0.4, 0.5) is 16.3 Å². The number of hydrogen-bond acceptors (Lipinski definition) is 3. The van der Waals surface area contributed by atoms with E-state index in [4.69, 9.17) is 5.10 Å². The molecule has 186 valence electrons. The number of hydrogen-bond donors (Lipinski definition) is 2. The van der Waals surface area contributed by atoms with Gasteiger partial charge in [-0.1, -0.05) is 58.0 Å². The third-order valence-corrected chi connectivity index (χ3v) is 6.05. The van der Waals surface area contributed by atoms with Gasteiger partial charge in [0.25, 0.3) is 0 Å². The first kappa shape index (κ1) is 26.0. The minimum absolute atomic E-state index is 0.0612. The van der Waals surface area contributed by atoms with Gasteiger partial charge in [-0.25, -0.2) is 9.48 Å². The molecule has 0 atom stereocenters. The van der Waals surface area contributed by atoms with Crippen LogP contribution in [0, 0.1) is 20.8 Å². The van der Waals surface area contributed by atoms with Crippen LogP contribution in [-0.2, 0) is 10.2 Å². The fourth-order valence-corrected chi connectivity index (χ4v) is 3.78. The molecule has 7 heteroatoms. The van der Waals surface area contributed by atoms with Gasteiger partial charge in [0.2, 0.25) is 5.91 Å². The van der Waals surface area contributed by atoms with E-state index >= 15 is 0 Å². The van der Waals surface area contributed by atoms with Crippen LogP contribution in [0.25, 0.3) is 5.69 Å². The Bertz CT molecular complexity index is 1210. The van der Waals surface area contributed by atoms with Crippen LogP contribution in [0.5, 0.6) is 0 Å². The summed E-state index contributed by atoms with van der Waals surface area (Å²) in [5.74, 6) is 0.311. The highest BCUT2D eigenvalue weighted by Gasteiger charge is 2.23. The largest absolute Gasteiger partial charge is 0.322 e. The molecule has 0 aliphatic carbocycles. The zero-order chi connectivity index (χ0) is 25.8. The van der Waals surface area contributed by atoms with Gasteiger partial charge in [-0.15, -0.1) is 0 Å². The Morgan fingerprint density at radius 1 is 0.971 bits per heavy atom. The Kier molecular flexibility index (Phi) is 7.99. The van der Waals surface area contributed by atoms with Crippen LogP contribution in [0.2, 0.25) is 0 Å². The summed E-state index contributed by atoms with van der Waals surface area (Å²) in [4.78, 5) is 27.7. The lowest BCUT2D eigenvalue weighted by Crippen LogP contribution is -2.41. The number of aromatic nitrogens is 2. The van der Waals surface area contributed by atoms with Gasteiger partial charge in [-0.05, 0) is 56.0 Å². The predicted octanol–water partition coefficient (Wildman–Crippen LogP) is 5.98. The van der Waals surface area contributed by atoms with Crippen molar-refractivity contribution >= 4 is 23.4 Å². The molecule has 0 radical (unpaired) electrons. The number of urea groups is 1. The molecule has 0 fully saturated rings. The van der Waals surface area contributed by atoms with Crippen LogP contribution in [-0.4, -0.2) is 39.7 Å². The summed E-state index contributed by atoms with van der Waals surface area (Å²) in [6.45, 7) is 14.6. The summed E-state index contributed by atoms with van der Waals surface area (Å²) in [6.07, 6.45) is 0.739. The molecule has 1 aromatic heterocycles. The van der Waals surface area contributed by atoms with Gasteiger partial charge in [0.05, 0.1) is 11.4 Å². The van der Waals surface area contributed by atoms with E-state index in [1.165, 1.54) is 4.90 Å². The lowest BCUT2D eigenvalue weighted by Gasteiger charge is -2.23. The summed E-state index contributed by atoms with van der Waals surface area (Å²) >= 11 is 0. The van der Waals surface area contributed by atoms with Gasteiger partial charge < -0.3 is 15.5 Å². The fraction of sp³-hybridized carbons (Fsp3) is 0.393. The number of aryl methyl sites for hydroxylation is 2. The number of carbonyl (C=O) groups is 2. The standard InChI is InChI=1S/C28H37N5O2/c1-8-16-32(27(35)29-22-14-11-13-19(2)21(22)4)18-26(34)30-25-17-24(28(5,6)7)31-33(25)23-15-10-9-12-20(23)3/h9-15,17H,8,16,18H2,1-7H3,(H,29,35)(H,30,34). The molecular weight excluding hydrogens is 438 g/mol. The van der Waals surface area contributed by atoms with Crippen molar-refractivity contribution in [2.75, 3.05) is 23.7 Å². The summed E-state index contributed by atoms with van der Waals surface area (Å²) in [5, 5.41) is 10.8. The van der Waals surface area contributed by atoms with Crippen LogP contribution < -0.4 is 10.6 Å². The van der Waals surface area contributed by atoms with Crippen molar-refractivity contribution in [3.05, 3.63) is 70.9 Å². The zero-order valence-corrected chi connectivity index (χ0v) is 21.9. The van der Waals surface area contributed by atoms with E-state index in [0.717, 1.165) is 40.2 Å². The van der Waals surface area contributed by atoms with Crippen LogP contribution in [0.1, 0.15) is 56.5 Å². The fourth-order valence-electron chi connectivity index (χ4n) is 3.78. The number of nitrogens with one attached hydrogen (secondary N) is 2. The van der Waals surface area contributed by atoms with E-state index in [1.54, 1.807) is 4.68 Å². The molecule has 2 aromatic carbocycles. The number of anilines is 2. The highest BCUT2D eigenvalue weighted by molar-refractivity contribution is 5.97. The summed E-state index contributed by atoms with van der Waals surface area (Å²) < 4.78 is 1.77. The van der Waals surface area contributed by atoms with E-state index in [2.05, 4.69) is 31.4 Å². The normalized spacial score (nSPS) is 11.3. The number of benzene rings is 2. The molecule has 0 bridgehead atoms. The lowest BCUT2D eigenvalue weighted by molar-refractivity contribution is -0.116. The SMILES string of the molecule is CCCN(CC(=O)Nc1cc(C(C)(C)C)nn1-c1ccccc1C)C(=O)Nc1cccc(C)c1C. The Morgan fingerprint density at radius 2 is 1.66 bits per heavy atom. The molecule has 35 heavy (non-hydrogen) atoms. The summed E-state index contributed by atoms with van der Waals surface area (Å²) in [6, 6.07) is 15.3. The van der Waals surface area contributed by atoms with Crippen LogP contribution in [0.15, 0.2) is 48.5 Å². The zero-order valence-electron chi connectivity index (χ0n) is 21.9. The summed E-state index contributed by atoms with van der Waals surface area (Å²) in [5.41, 5.74) is 5.49. The van der Waals surface area contributed by atoms with Crippen LogP contribution in [0.3, 0.4) is 0 Å². The number of para-hydroxylation sites is 1. The van der Waals surface area contributed by atoms with Gasteiger partial charge in [-0.2, -0.15) is 5.10 Å². The maximum atomic E-state index is 13.1. The van der Waals surface area contributed by atoms with Crippen molar-refractivity contribution in [2.24, 2.45) is 0 Å². The van der Waals surface area contributed by atoms with E-state index in [0.29, 0.717) is 12.4 Å². The topological polar surface area (TPSA) is 79.3 Å². The number of rotatable bonds is 7. The van der Waals surface area contributed by atoms with Crippen molar-refractivity contribution in [1.29, 1.82) is 0 Å². The molecular formula is C28H37N5O2. The van der Waals surface area contributed by atoms with E-state index in [1.807, 2.05) is 76.2 Å². The summed E-state index contributed by atoms with van der Waals surface area (Å²) in [7, 11) is 0. The minimum atomic E-state index is -0.293. The molecule has 3 aromatic rings. The maximum absolute atomic E-state index is 13.1. The lowest BCUT2D eigenvalue weighted by atomic mass is 9.92. The highest BCUT2D eigenvalue weighted by atomic mass is 16.2. The Morgan fingerprint density at radius 3 is 2.31 bits per heavy atom. The highest BCUT2D eigenvalue weighted by Crippen LogP contribution is 2.27. The van der Waals surface area contributed by atoms with E-state index in [-0.39, 0.29) is 23.9 Å². The molecule has 2 N–H and O–H groups in total. The van der Waals surface area contributed by atoms with E-state index < -0.39 is 0 Å². The van der Waals surface area contributed by atoms with Crippen molar-refractivity contribution in [2.45, 2.75) is 60.3 Å². The molecule has 0 spiro atoms. The second-order valence-electron chi connectivity index (χ2n) is 10.0. The average Bonchev–Trinajstić information content (AvgIpc) is 3.21. The molecule has 1 heterocycles. The van der Waals surface area contributed by atoms with Crippen LogP contribution >= 0.6 is 0 Å². The second-order valence-corrected chi connectivity index (χ2v) is 10.0. The molecule has 3 rings (SSSR count). The number of carbonyl (C=O) groups excluding carboxylic acids is 2. The van der Waals surface area contributed by atoms with Gasteiger partial charge in [0, 0.05) is 23.7 Å². The maximum Gasteiger partial charge on any atom is 0.322 e. The monoisotopic (exact) mass is 475 g/mol. The first-order chi connectivity index (χ1) is 16.5. The van der Waals surface area contributed by atoms with Gasteiger partial charge in [0.1, 0.15) is 12.4 Å². The van der Waals surface area contributed by atoms with Crippen molar-refractivity contribution < 1.29 is 9.59 Å². The molecule has 0 saturated heterocycles. The Labute approximate surface area is 208 Å². The first-order valence-corrected chi connectivity index (χ1v) is 12.1. The van der Waals surface area contributed by atoms with E-state index in [9.17, 15) is 9.59 Å². The van der Waals surface area contributed by atoms with Crippen molar-refractivity contribution in [1.82, 2.24) is 14.7 Å². The Balaban J connectivity index is 1.82. The number of amides is 3. The van der Waals surface area contributed by atoms with Crippen molar-refractivity contribution in [3.8, 4) is 5.69 Å². The smallest absolute Gasteiger partial charge is 0.315 e. The molecule has 0 unspecified atom stereocenters. The minimum Gasteiger partial charge on any atom is -0.315 e. The third kappa shape index (κ3) is 6.29.